The van der Waals surface area contributed by atoms with E-state index in [1.807, 2.05) is 6.92 Å². The number of terminal acetylenes is 1. The first-order valence-electron chi connectivity index (χ1n) is 7.55. The quantitative estimate of drug-likeness (QED) is 0.481. The first-order chi connectivity index (χ1) is 12.5. The van der Waals surface area contributed by atoms with E-state index < -0.39 is 5.97 Å². The van der Waals surface area contributed by atoms with E-state index in [1.54, 1.807) is 6.07 Å². The molecule has 0 atom stereocenters. The van der Waals surface area contributed by atoms with Gasteiger partial charge in [-0.25, -0.2) is 9.78 Å². The minimum absolute atomic E-state index is 0.0475. The summed E-state index contributed by atoms with van der Waals surface area (Å²) in [5.41, 5.74) is 1.66. The van der Waals surface area contributed by atoms with E-state index in [4.69, 9.17) is 16.3 Å². The first kappa shape index (κ1) is 19.5. The number of halogens is 1. The van der Waals surface area contributed by atoms with Crippen molar-refractivity contribution in [3.05, 3.63) is 33.9 Å². The monoisotopic (exact) mass is 420 g/mol. The molecule has 0 saturated carbocycles. The molecule has 0 saturated heterocycles. The number of aryl methyl sites for hydroxylation is 1. The summed E-state index contributed by atoms with van der Waals surface area (Å²) >= 11 is 3.28. The molecule has 1 aromatic heterocycles. The lowest BCUT2D eigenvalue weighted by Gasteiger charge is -2.18. The predicted octanol–water partition coefficient (Wildman–Crippen LogP) is 2.41. The van der Waals surface area contributed by atoms with Gasteiger partial charge in [-0.05, 0) is 34.5 Å². The highest BCUT2D eigenvalue weighted by atomic mass is 79.9. The van der Waals surface area contributed by atoms with Crippen LogP contribution in [0.15, 0.2) is 22.8 Å². The molecule has 4 N–H and O–H groups in total. The SMILES string of the molecule is C#CCOc1nc(Nc2c(C)ccc(C(=O)O)c2NCCO)ncc1Br. The molecule has 0 aliphatic rings. The van der Waals surface area contributed by atoms with Crippen LogP contribution in [0.5, 0.6) is 5.88 Å². The second kappa shape index (κ2) is 9.03. The topological polar surface area (TPSA) is 117 Å². The fraction of sp³-hybridized carbons (Fsp3) is 0.235. The minimum atomic E-state index is -1.09. The molecule has 9 heteroatoms. The molecule has 2 rings (SSSR count). The Bertz CT molecular complexity index is 851. The molecule has 136 valence electrons. The summed E-state index contributed by atoms with van der Waals surface area (Å²) in [6.45, 7) is 1.90. The summed E-state index contributed by atoms with van der Waals surface area (Å²) in [6.07, 6.45) is 6.68. The van der Waals surface area contributed by atoms with Gasteiger partial charge in [0.2, 0.25) is 11.8 Å². The third kappa shape index (κ3) is 4.62. The van der Waals surface area contributed by atoms with Crippen LogP contribution in [-0.2, 0) is 0 Å². The molecular weight excluding hydrogens is 404 g/mol. The Balaban J connectivity index is 2.43. The average molecular weight is 421 g/mol. The van der Waals surface area contributed by atoms with Crippen LogP contribution < -0.4 is 15.4 Å². The van der Waals surface area contributed by atoms with Crippen molar-refractivity contribution in [2.75, 3.05) is 30.4 Å². The normalized spacial score (nSPS) is 10.1. The Kier molecular flexibility index (Phi) is 6.77. The molecule has 0 aliphatic heterocycles. The molecule has 0 amide bonds. The fourth-order valence-electron chi connectivity index (χ4n) is 2.15. The van der Waals surface area contributed by atoms with Gasteiger partial charge in [0.1, 0.15) is 0 Å². The van der Waals surface area contributed by atoms with Crippen molar-refractivity contribution in [3.8, 4) is 18.2 Å². The molecule has 0 spiro atoms. The van der Waals surface area contributed by atoms with Crippen LogP contribution in [0.2, 0.25) is 0 Å². The highest BCUT2D eigenvalue weighted by Crippen LogP contribution is 2.33. The van der Waals surface area contributed by atoms with Crippen molar-refractivity contribution in [2.45, 2.75) is 6.92 Å². The molecule has 2 aromatic rings. The van der Waals surface area contributed by atoms with Gasteiger partial charge < -0.3 is 25.6 Å². The maximum Gasteiger partial charge on any atom is 0.337 e. The van der Waals surface area contributed by atoms with Gasteiger partial charge in [0, 0.05) is 6.54 Å². The van der Waals surface area contributed by atoms with Gasteiger partial charge in [0.15, 0.2) is 6.61 Å². The van der Waals surface area contributed by atoms with E-state index in [0.29, 0.717) is 15.8 Å². The number of rotatable bonds is 8. The van der Waals surface area contributed by atoms with Gasteiger partial charge >= 0.3 is 5.97 Å². The van der Waals surface area contributed by atoms with Crippen LogP contribution in [0.25, 0.3) is 0 Å². The largest absolute Gasteiger partial charge is 0.478 e. The summed E-state index contributed by atoms with van der Waals surface area (Å²) in [6, 6.07) is 3.16. The number of nitrogens with zero attached hydrogens (tertiary/aromatic N) is 2. The Hall–Kier alpha value is -2.83. The van der Waals surface area contributed by atoms with Crippen LogP contribution >= 0.6 is 15.9 Å². The number of carboxylic acids is 1. The van der Waals surface area contributed by atoms with Crippen molar-refractivity contribution >= 4 is 39.2 Å². The number of aromatic carboxylic acids is 1. The number of carbonyl (C=O) groups is 1. The molecule has 0 bridgehead atoms. The lowest BCUT2D eigenvalue weighted by Crippen LogP contribution is -2.13. The van der Waals surface area contributed by atoms with Crippen LogP contribution in [0.3, 0.4) is 0 Å². The zero-order chi connectivity index (χ0) is 19.1. The number of hydrogen-bond acceptors (Lipinski definition) is 7. The minimum Gasteiger partial charge on any atom is -0.478 e. The van der Waals surface area contributed by atoms with Gasteiger partial charge in [0.05, 0.1) is 34.2 Å². The van der Waals surface area contributed by atoms with E-state index in [1.165, 1.54) is 12.3 Å². The highest BCUT2D eigenvalue weighted by Gasteiger charge is 2.17. The van der Waals surface area contributed by atoms with E-state index in [-0.39, 0.29) is 37.2 Å². The second-order valence-electron chi connectivity index (χ2n) is 5.10. The molecule has 1 heterocycles. The smallest absolute Gasteiger partial charge is 0.337 e. The van der Waals surface area contributed by atoms with Gasteiger partial charge in [-0.15, -0.1) is 6.42 Å². The standard InChI is InChI=1S/C17H17BrN4O4/c1-3-8-26-15-12(18)9-20-17(22-15)21-13-10(2)4-5-11(16(24)25)14(13)19-6-7-23/h1,4-5,9,19,23H,6-8H2,2H3,(H,24,25)(H,20,21,22). The van der Waals surface area contributed by atoms with Gasteiger partial charge in [-0.2, -0.15) is 4.98 Å². The number of hydrogen-bond donors (Lipinski definition) is 4. The Labute approximate surface area is 158 Å². The number of benzene rings is 1. The number of aromatic nitrogens is 2. The highest BCUT2D eigenvalue weighted by molar-refractivity contribution is 9.10. The Morgan fingerprint density at radius 1 is 1.42 bits per heavy atom. The second-order valence-corrected chi connectivity index (χ2v) is 5.95. The molecule has 8 nitrogen and oxygen atoms in total. The maximum atomic E-state index is 11.5. The van der Waals surface area contributed by atoms with E-state index in [2.05, 4.69) is 42.5 Å². The maximum absolute atomic E-state index is 11.5. The van der Waals surface area contributed by atoms with Crippen molar-refractivity contribution < 1.29 is 19.7 Å². The third-order valence-corrected chi connectivity index (χ3v) is 3.84. The lowest BCUT2D eigenvalue weighted by molar-refractivity contribution is 0.0698. The van der Waals surface area contributed by atoms with Crippen molar-refractivity contribution in [3.63, 3.8) is 0 Å². The Morgan fingerprint density at radius 2 is 2.19 bits per heavy atom. The molecule has 0 fully saturated rings. The summed E-state index contributed by atoms with van der Waals surface area (Å²) in [7, 11) is 0. The summed E-state index contributed by atoms with van der Waals surface area (Å²) in [5.74, 6) is 1.72. The van der Waals surface area contributed by atoms with Crippen molar-refractivity contribution in [1.82, 2.24) is 9.97 Å². The van der Waals surface area contributed by atoms with Crippen LogP contribution in [0.4, 0.5) is 17.3 Å². The predicted molar refractivity (Wildman–Crippen MR) is 101 cm³/mol. The fourth-order valence-corrected chi connectivity index (χ4v) is 2.45. The van der Waals surface area contributed by atoms with Crippen molar-refractivity contribution in [1.29, 1.82) is 0 Å². The molecular formula is C17H17BrN4O4. The lowest BCUT2D eigenvalue weighted by atomic mass is 10.1. The number of anilines is 3. The number of aliphatic hydroxyl groups excluding tert-OH is 1. The summed E-state index contributed by atoms with van der Waals surface area (Å²) in [5, 5.41) is 24.4. The van der Waals surface area contributed by atoms with Crippen LogP contribution in [-0.4, -0.2) is 45.9 Å². The number of carboxylic acid groups (broad SMARTS) is 1. The van der Waals surface area contributed by atoms with E-state index >= 15 is 0 Å². The van der Waals surface area contributed by atoms with Crippen LogP contribution in [0, 0.1) is 19.3 Å². The molecule has 26 heavy (non-hydrogen) atoms. The zero-order valence-corrected chi connectivity index (χ0v) is 15.5. The summed E-state index contributed by atoms with van der Waals surface area (Å²) in [4.78, 5) is 19.9. The third-order valence-electron chi connectivity index (χ3n) is 3.30. The van der Waals surface area contributed by atoms with Crippen LogP contribution in [0.1, 0.15) is 15.9 Å². The van der Waals surface area contributed by atoms with E-state index in [9.17, 15) is 9.90 Å². The van der Waals surface area contributed by atoms with Gasteiger partial charge in [0.25, 0.3) is 0 Å². The Morgan fingerprint density at radius 3 is 2.85 bits per heavy atom. The molecule has 0 aliphatic carbocycles. The summed E-state index contributed by atoms with van der Waals surface area (Å²) < 4.78 is 5.87. The molecule has 0 radical (unpaired) electrons. The number of ether oxygens (including phenoxy) is 1. The van der Waals surface area contributed by atoms with E-state index in [0.717, 1.165) is 5.56 Å². The van der Waals surface area contributed by atoms with Gasteiger partial charge in [-0.1, -0.05) is 12.0 Å². The average Bonchev–Trinajstić information content (AvgIpc) is 2.62. The number of aliphatic hydroxyl groups is 1. The first-order valence-corrected chi connectivity index (χ1v) is 8.34. The van der Waals surface area contributed by atoms with Crippen molar-refractivity contribution in [2.24, 2.45) is 0 Å². The molecule has 0 unspecified atom stereocenters. The number of nitrogens with one attached hydrogen (secondary N) is 2. The van der Waals surface area contributed by atoms with Gasteiger partial charge in [-0.3, -0.25) is 0 Å². The molecule has 1 aromatic carbocycles. The zero-order valence-electron chi connectivity index (χ0n) is 13.9.